The highest BCUT2D eigenvalue weighted by atomic mass is 32.2. The zero-order valence-electron chi connectivity index (χ0n) is 15.9. The normalized spacial score (nSPS) is 20.6. The van der Waals surface area contributed by atoms with Gasteiger partial charge in [-0.1, -0.05) is 25.3 Å². The second-order valence-corrected chi connectivity index (χ2v) is 9.25. The molecule has 2 heterocycles. The van der Waals surface area contributed by atoms with Gasteiger partial charge >= 0.3 is 0 Å². The van der Waals surface area contributed by atoms with Gasteiger partial charge in [0.05, 0.1) is 6.54 Å². The zero-order valence-corrected chi connectivity index (χ0v) is 16.8. The third kappa shape index (κ3) is 4.87. The fourth-order valence-electron chi connectivity index (χ4n) is 3.80. The van der Waals surface area contributed by atoms with Crippen LogP contribution in [-0.2, 0) is 14.8 Å². The van der Waals surface area contributed by atoms with Crippen molar-refractivity contribution in [1.82, 2.24) is 14.1 Å². The maximum Gasteiger partial charge on any atom is 0.249 e. The number of rotatable bonds is 4. The third-order valence-corrected chi connectivity index (χ3v) is 7.37. The van der Waals surface area contributed by atoms with Gasteiger partial charge in [0.1, 0.15) is 11.6 Å². The summed E-state index contributed by atoms with van der Waals surface area (Å²) in [5.74, 6) is -2.22. The van der Waals surface area contributed by atoms with Crippen molar-refractivity contribution in [3.63, 3.8) is 0 Å². The Morgan fingerprint density at radius 3 is 1.96 bits per heavy atom. The molecule has 0 atom stereocenters. The smallest absolute Gasteiger partial charge is 0.249 e. The maximum absolute atomic E-state index is 13.9. The Labute approximate surface area is 165 Å². The summed E-state index contributed by atoms with van der Waals surface area (Å²) < 4.78 is 54.1. The topological polar surface area (TPSA) is 60.9 Å². The number of likely N-dealkylation sites (tertiary alicyclic amines) is 1. The van der Waals surface area contributed by atoms with Crippen molar-refractivity contribution in [1.29, 1.82) is 0 Å². The second-order valence-electron chi connectivity index (χ2n) is 7.38. The van der Waals surface area contributed by atoms with Crippen molar-refractivity contribution in [2.45, 2.75) is 37.0 Å². The van der Waals surface area contributed by atoms with Crippen LogP contribution in [0.1, 0.15) is 32.1 Å². The average Bonchev–Trinajstić information content (AvgIpc) is 2.63. The molecule has 156 valence electrons. The zero-order chi connectivity index (χ0) is 20.1. The van der Waals surface area contributed by atoms with Gasteiger partial charge in [-0.15, -0.1) is 0 Å². The summed E-state index contributed by atoms with van der Waals surface area (Å²) in [5, 5.41) is 0. The second kappa shape index (κ2) is 9.28. The molecule has 0 saturated carbocycles. The molecule has 0 spiro atoms. The molecule has 0 unspecified atom stereocenters. The monoisotopic (exact) mass is 415 g/mol. The van der Waals surface area contributed by atoms with Crippen LogP contribution in [0.5, 0.6) is 0 Å². The maximum atomic E-state index is 13.9. The highest BCUT2D eigenvalue weighted by molar-refractivity contribution is 7.89. The molecular formula is C19H27F2N3O3S. The van der Waals surface area contributed by atoms with Crippen molar-refractivity contribution >= 4 is 15.9 Å². The van der Waals surface area contributed by atoms with Gasteiger partial charge in [-0.25, -0.2) is 17.2 Å². The molecule has 0 radical (unpaired) electrons. The van der Waals surface area contributed by atoms with Gasteiger partial charge in [-0.05, 0) is 38.1 Å². The minimum absolute atomic E-state index is 0.0188. The molecule has 2 saturated heterocycles. The minimum Gasteiger partial charge on any atom is -0.339 e. The molecule has 2 aliphatic rings. The SMILES string of the molecule is O=C(CN1CCCCCCC1)N1CCN(S(=O)(=O)c2c(F)cccc2F)CC1. The number of hydrogen-bond donors (Lipinski definition) is 0. The third-order valence-electron chi connectivity index (χ3n) is 5.42. The molecule has 0 bridgehead atoms. The van der Waals surface area contributed by atoms with E-state index in [1.165, 1.54) is 19.3 Å². The van der Waals surface area contributed by atoms with Crippen LogP contribution in [0.3, 0.4) is 0 Å². The molecule has 9 heteroatoms. The lowest BCUT2D eigenvalue weighted by Gasteiger charge is -2.35. The number of benzene rings is 1. The highest BCUT2D eigenvalue weighted by Crippen LogP contribution is 2.23. The largest absolute Gasteiger partial charge is 0.339 e. The van der Waals surface area contributed by atoms with E-state index in [1.54, 1.807) is 4.90 Å². The van der Waals surface area contributed by atoms with Gasteiger partial charge in [0, 0.05) is 26.2 Å². The Kier molecular flexibility index (Phi) is 7.00. The molecule has 6 nitrogen and oxygen atoms in total. The van der Waals surface area contributed by atoms with Gasteiger partial charge < -0.3 is 4.90 Å². The van der Waals surface area contributed by atoms with E-state index in [4.69, 9.17) is 0 Å². The van der Waals surface area contributed by atoms with Crippen LogP contribution >= 0.6 is 0 Å². The molecule has 0 aromatic heterocycles. The number of carbonyl (C=O) groups excluding carboxylic acids is 1. The van der Waals surface area contributed by atoms with Gasteiger partial charge in [-0.3, -0.25) is 9.69 Å². The molecule has 28 heavy (non-hydrogen) atoms. The Balaban J connectivity index is 1.58. The van der Waals surface area contributed by atoms with E-state index in [0.717, 1.165) is 48.4 Å². The first kappa shape index (κ1) is 21.1. The molecule has 1 aromatic rings. The Hall–Kier alpha value is -1.58. The van der Waals surface area contributed by atoms with E-state index in [9.17, 15) is 22.0 Å². The number of sulfonamides is 1. The first-order valence-corrected chi connectivity index (χ1v) is 11.3. The summed E-state index contributed by atoms with van der Waals surface area (Å²) >= 11 is 0. The van der Waals surface area contributed by atoms with Crippen LogP contribution in [0.4, 0.5) is 8.78 Å². The standard InChI is InChI=1S/C19H27F2N3O3S/c20-16-7-6-8-17(21)19(16)28(26,27)24-13-11-23(12-14-24)18(25)15-22-9-4-2-1-3-5-10-22/h6-8H,1-5,9-15H2. The minimum atomic E-state index is -4.27. The lowest BCUT2D eigenvalue weighted by atomic mass is 10.1. The summed E-state index contributed by atoms with van der Waals surface area (Å²) in [4.78, 5) is 15.5. The fourth-order valence-corrected chi connectivity index (χ4v) is 5.33. The quantitative estimate of drug-likeness (QED) is 0.755. The van der Waals surface area contributed by atoms with Gasteiger partial charge in [-0.2, -0.15) is 4.31 Å². The lowest BCUT2D eigenvalue weighted by Crippen LogP contribution is -2.52. The lowest BCUT2D eigenvalue weighted by molar-refractivity contribution is -0.133. The predicted octanol–water partition coefficient (Wildman–Crippen LogP) is 2.06. The fraction of sp³-hybridized carbons (Fsp3) is 0.632. The number of piperazine rings is 1. The number of halogens is 2. The molecular weight excluding hydrogens is 388 g/mol. The first-order chi connectivity index (χ1) is 13.4. The molecule has 1 amide bonds. The van der Waals surface area contributed by atoms with Crippen LogP contribution in [0, 0.1) is 11.6 Å². The average molecular weight is 416 g/mol. The Bertz CT molecular complexity index is 767. The molecule has 3 rings (SSSR count). The van der Waals surface area contributed by atoms with E-state index >= 15 is 0 Å². The van der Waals surface area contributed by atoms with E-state index in [1.807, 2.05) is 0 Å². The summed E-state index contributed by atoms with van der Waals surface area (Å²) in [6.45, 7) is 2.67. The van der Waals surface area contributed by atoms with Gasteiger partial charge in [0.15, 0.2) is 4.90 Å². The summed E-state index contributed by atoms with van der Waals surface area (Å²) in [6.07, 6.45) is 5.81. The van der Waals surface area contributed by atoms with E-state index in [2.05, 4.69) is 4.90 Å². The molecule has 2 aliphatic heterocycles. The van der Waals surface area contributed by atoms with Crippen molar-refractivity contribution in [2.75, 3.05) is 45.8 Å². The first-order valence-electron chi connectivity index (χ1n) is 9.84. The molecule has 1 aromatic carbocycles. The van der Waals surface area contributed by atoms with Gasteiger partial charge in [0.25, 0.3) is 0 Å². The van der Waals surface area contributed by atoms with Crippen molar-refractivity contribution < 1.29 is 22.0 Å². The van der Waals surface area contributed by atoms with E-state index in [0.29, 0.717) is 6.54 Å². The number of nitrogens with zero attached hydrogens (tertiary/aromatic N) is 3. The summed E-state index contributed by atoms with van der Waals surface area (Å²) in [7, 11) is -4.27. The predicted molar refractivity (Wildman–Crippen MR) is 101 cm³/mol. The number of hydrogen-bond acceptors (Lipinski definition) is 4. The van der Waals surface area contributed by atoms with Crippen LogP contribution in [0.2, 0.25) is 0 Å². The molecule has 0 aliphatic carbocycles. The van der Waals surface area contributed by atoms with Crippen LogP contribution in [-0.4, -0.2) is 74.2 Å². The Morgan fingerprint density at radius 1 is 0.857 bits per heavy atom. The van der Waals surface area contributed by atoms with E-state index < -0.39 is 26.6 Å². The summed E-state index contributed by atoms with van der Waals surface area (Å²) in [5.41, 5.74) is 0. The molecule has 0 N–H and O–H groups in total. The van der Waals surface area contributed by atoms with Crippen LogP contribution in [0.15, 0.2) is 23.1 Å². The van der Waals surface area contributed by atoms with Crippen molar-refractivity contribution in [3.8, 4) is 0 Å². The molecule has 2 fully saturated rings. The number of carbonyl (C=O) groups is 1. The van der Waals surface area contributed by atoms with Gasteiger partial charge in [0.2, 0.25) is 15.9 Å². The van der Waals surface area contributed by atoms with Crippen molar-refractivity contribution in [2.24, 2.45) is 0 Å². The van der Waals surface area contributed by atoms with Crippen LogP contribution < -0.4 is 0 Å². The van der Waals surface area contributed by atoms with E-state index in [-0.39, 0.29) is 32.1 Å². The Morgan fingerprint density at radius 2 is 1.39 bits per heavy atom. The van der Waals surface area contributed by atoms with Crippen molar-refractivity contribution in [3.05, 3.63) is 29.8 Å². The number of amides is 1. The highest BCUT2D eigenvalue weighted by Gasteiger charge is 2.34. The van der Waals surface area contributed by atoms with Crippen LogP contribution in [0.25, 0.3) is 0 Å². The summed E-state index contributed by atoms with van der Waals surface area (Å²) in [6, 6.07) is 2.99.